The Hall–Kier alpha value is -2.94. The average Bonchev–Trinajstić information content (AvgIpc) is 3.01. The second kappa shape index (κ2) is 5.06. The van der Waals surface area contributed by atoms with Gasteiger partial charge in [0, 0.05) is 25.5 Å². The summed E-state index contributed by atoms with van der Waals surface area (Å²) in [5, 5.41) is 9.38. The van der Waals surface area contributed by atoms with Gasteiger partial charge in [0.1, 0.15) is 17.4 Å². The Labute approximate surface area is 133 Å². The second-order valence-electron chi connectivity index (χ2n) is 5.84. The van der Waals surface area contributed by atoms with Crippen molar-refractivity contribution in [2.75, 3.05) is 11.4 Å². The Kier molecular flexibility index (Phi) is 3.01. The maximum absolute atomic E-state index is 9.38. The van der Waals surface area contributed by atoms with Crippen molar-refractivity contribution in [3.63, 3.8) is 0 Å². The van der Waals surface area contributed by atoms with Crippen LogP contribution in [0.2, 0.25) is 0 Å². The SMILES string of the molecule is Cc1nc(N2CCc3c(cnc(C)c3C#N)C2)c2[nH]ccc2n1. The molecule has 0 saturated carbocycles. The molecular weight excluding hydrogens is 288 g/mol. The normalized spacial score (nSPS) is 13.9. The Bertz CT molecular complexity index is 950. The second-order valence-corrected chi connectivity index (χ2v) is 5.84. The van der Waals surface area contributed by atoms with Crippen molar-refractivity contribution in [1.82, 2.24) is 19.9 Å². The van der Waals surface area contributed by atoms with Crippen LogP contribution in [0.5, 0.6) is 0 Å². The molecular formula is C17H16N6. The quantitative estimate of drug-likeness (QED) is 0.746. The molecule has 6 nitrogen and oxygen atoms in total. The van der Waals surface area contributed by atoms with Gasteiger partial charge in [0.05, 0.1) is 16.8 Å². The monoisotopic (exact) mass is 304 g/mol. The molecule has 0 amide bonds. The molecule has 4 rings (SSSR count). The van der Waals surface area contributed by atoms with E-state index < -0.39 is 0 Å². The molecule has 0 saturated heterocycles. The molecule has 4 heterocycles. The summed E-state index contributed by atoms with van der Waals surface area (Å²) in [4.78, 5) is 18.9. The number of aromatic amines is 1. The molecule has 0 bridgehead atoms. The molecule has 0 unspecified atom stereocenters. The number of hydrogen-bond donors (Lipinski definition) is 1. The predicted octanol–water partition coefficient (Wildman–Crippen LogP) is 2.40. The van der Waals surface area contributed by atoms with Crippen LogP contribution in [0.25, 0.3) is 11.0 Å². The fourth-order valence-corrected chi connectivity index (χ4v) is 3.25. The summed E-state index contributed by atoms with van der Waals surface area (Å²) in [6, 6.07) is 4.26. The fourth-order valence-electron chi connectivity index (χ4n) is 3.25. The van der Waals surface area contributed by atoms with E-state index in [1.54, 1.807) is 0 Å². The number of fused-ring (bicyclic) bond motifs is 2. The van der Waals surface area contributed by atoms with Gasteiger partial charge in [-0.15, -0.1) is 0 Å². The molecule has 1 aliphatic heterocycles. The number of nitriles is 1. The van der Waals surface area contributed by atoms with E-state index >= 15 is 0 Å². The highest BCUT2D eigenvalue weighted by atomic mass is 15.2. The first kappa shape index (κ1) is 13.7. The van der Waals surface area contributed by atoms with Crippen molar-refractivity contribution in [1.29, 1.82) is 5.26 Å². The highest BCUT2D eigenvalue weighted by molar-refractivity contribution is 5.86. The van der Waals surface area contributed by atoms with E-state index in [9.17, 15) is 5.26 Å². The van der Waals surface area contributed by atoms with Gasteiger partial charge in [0.2, 0.25) is 0 Å². The van der Waals surface area contributed by atoms with Crippen LogP contribution in [0, 0.1) is 25.2 Å². The summed E-state index contributed by atoms with van der Waals surface area (Å²) in [6.45, 7) is 5.34. The molecule has 23 heavy (non-hydrogen) atoms. The van der Waals surface area contributed by atoms with Crippen LogP contribution in [0.4, 0.5) is 5.82 Å². The van der Waals surface area contributed by atoms with E-state index in [2.05, 4.69) is 30.9 Å². The first-order valence-electron chi connectivity index (χ1n) is 7.61. The number of pyridine rings is 1. The van der Waals surface area contributed by atoms with Crippen LogP contribution < -0.4 is 4.90 Å². The topological polar surface area (TPSA) is 81.5 Å². The van der Waals surface area contributed by atoms with Gasteiger partial charge in [-0.3, -0.25) is 4.98 Å². The highest BCUT2D eigenvalue weighted by Gasteiger charge is 2.23. The van der Waals surface area contributed by atoms with Gasteiger partial charge >= 0.3 is 0 Å². The lowest BCUT2D eigenvalue weighted by molar-refractivity contribution is 0.713. The van der Waals surface area contributed by atoms with Crippen molar-refractivity contribution in [2.24, 2.45) is 0 Å². The average molecular weight is 304 g/mol. The smallest absolute Gasteiger partial charge is 0.157 e. The minimum atomic E-state index is 0.710. The van der Waals surface area contributed by atoms with Crippen molar-refractivity contribution < 1.29 is 0 Å². The van der Waals surface area contributed by atoms with E-state index in [0.717, 1.165) is 58.0 Å². The summed E-state index contributed by atoms with van der Waals surface area (Å²) in [5.41, 5.74) is 5.66. The first-order valence-corrected chi connectivity index (χ1v) is 7.61. The zero-order valence-corrected chi connectivity index (χ0v) is 13.1. The highest BCUT2D eigenvalue weighted by Crippen LogP contribution is 2.29. The predicted molar refractivity (Wildman–Crippen MR) is 87.1 cm³/mol. The Morgan fingerprint density at radius 3 is 3.00 bits per heavy atom. The molecule has 0 fully saturated rings. The van der Waals surface area contributed by atoms with Crippen LogP contribution in [0.1, 0.15) is 28.2 Å². The number of rotatable bonds is 1. The Morgan fingerprint density at radius 1 is 1.30 bits per heavy atom. The van der Waals surface area contributed by atoms with Crippen LogP contribution in [0.15, 0.2) is 18.5 Å². The summed E-state index contributed by atoms with van der Waals surface area (Å²) in [5.74, 6) is 1.68. The number of H-pyrrole nitrogens is 1. The van der Waals surface area contributed by atoms with E-state index in [-0.39, 0.29) is 0 Å². The van der Waals surface area contributed by atoms with Gasteiger partial charge in [-0.05, 0) is 37.5 Å². The molecule has 114 valence electrons. The zero-order chi connectivity index (χ0) is 16.0. The van der Waals surface area contributed by atoms with Crippen molar-refractivity contribution in [3.8, 4) is 6.07 Å². The fraction of sp³-hybridized carbons (Fsp3) is 0.294. The lowest BCUT2D eigenvalue weighted by Gasteiger charge is -2.30. The minimum Gasteiger partial charge on any atom is -0.357 e. The van der Waals surface area contributed by atoms with Gasteiger partial charge < -0.3 is 9.88 Å². The maximum Gasteiger partial charge on any atom is 0.157 e. The first-order chi connectivity index (χ1) is 11.2. The van der Waals surface area contributed by atoms with Gasteiger partial charge in [0.25, 0.3) is 0 Å². The third-order valence-electron chi connectivity index (χ3n) is 4.37. The van der Waals surface area contributed by atoms with Gasteiger partial charge in [-0.2, -0.15) is 5.26 Å². The summed E-state index contributed by atoms with van der Waals surface area (Å²) >= 11 is 0. The molecule has 0 aromatic carbocycles. The Balaban J connectivity index is 1.79. The third-order valence-corrected chi connectivity index (χ3v) is 4.37. The van der Waals surface area contributed by atoms with E-state index in [1.165, 1.54) is 0 Å². The lowest BCUT2D eigenvalue weighted by Crippen LogP contribution is -2.32. The van der Waals surface area contributed by atoms with Gasteiger partial charge in [-0.25, -0.2) is 9.97 Å². The third kappa shape index (κ3) is 2.13. The molecule has 1 aliphatic rings. The number of anilines is 1. The van der Waals surface area contributed by atoms with E-state index in [0.29, 0.717) is 6.54 Å². The zero-order valence-electron chi connectivity index (χ0n) is 13.1. The Morgan fingerprint density at radius 2 is 2.17 bits per heavy atom. The van der Waals surface area contributed by atoms with Crippen molar-refractivity contribution in [3.05, 3.63) is 46.7 Å². The lowest BCUT2D eigenvalue weighted by atomic mass is 9.95. The van der Waals surface area contributed by atoms with Crippen molar-refractivity contribution >= 4 is 16.9 Å². The van der Waals surface area contributed by atoms with Gasteiger partial charge in [-0.1, -0.05) is 0 Å². The summed E-state index contributed by atoms with van der Waals surface area (Å²) in [7, 11) is 0. The molecule has 3 aromatic heterocycles. The summed E-state index contributed by atoms with van der Waals surface area (Å²) in [6.07, 6.45) is 4.60. The van der Waals surface area contributed by atoms with Crippen LogP contribution in [-0.2, 0) is 13.0 Å². The van der Waals surface area contributed by atoms with Crippen LogP contribution in [0.3, 0.4) is 0 Å². The molecule has 1 N–H and O–H groups in total. The number of aromatic nitrogens is 4. The molecule has 0 aliphatic carbocycles. The maximum atomic E-state index is 9.38. The number of nitrogens with one attached hydrogen (secondary N) is 1. The van der Waals surface area contributed by atoms with E-state index in [4.69, 9.17) is 0 Å². The van der Waals surface area contributed by atoms with Crippen LogP contribution in [-0.4, -0.2) is 26.5 Å². The number of nitrogens with zero attached hydrogens (tertiary/aromatic N) is 5. The molecule has 0 spiro atoms. The largest absolute Gasteiger partial charge is 0.357 e. The molecule has 0 radical (unpaired) electrons. The van der Waals surface area contributed by atoms with E-state index in [1.807, 2.05) is 32.3 Å². The minimum absolute atomic E-state index is 0.710. The van der Waals surface area contributed by atoms with Crippen LogP contribution >= 0.6 is 0 Å². The molecule has 3 aromatic rings. The molecule has 0 atom stereocenters. The number of hydrogen-bond acceptors (Lipinski definition) is 5. The standard InChI is InChI=1S/C17H16N6/c1-10-14(7-18)13-4-6-23(9-12(13)8-20-10)17-16-15(3-5-19-16)21-11(2)22-17/h3,5,8,19H,4,6,9H2,1-2H3. The number of aryl methyl sites for hydroxylation is 2. The van der Waals surface area contributed by atoms with Crippen molar-refractivity contribution in [2.45, 2.75) is 26.8 Å². The molecule has 6 heteroatoms. The van der Waals surface area contributed by atoms with Gasteiger partial charge in [0.15, 0.2) is 5.82 Å². The summed E-state index contributed by atoms with van der Waals surface area (Å²) < 4.78 is 0.